The number of rotatable bonds is 0. The number of hydrogen-bond acceptors (Lipinski definition) is 24. The van der Waals surface area contributed by atoms with Crippen molar-refractivity contribution in [1.82, 2.24) is 120 Å². The summed E-state index contributed by atoms with van der Waals surface area (Å²) in [4.78, 5) is 80.3. The highest BCUT2D eigenvalue weighted by molar-refractivity contribution is 7.16. The molecule has 0 unspecified atom stereocenters. The lowest BCUT2D eigenvalue weighted by Crippen LogP contribution is -1.85. The fourth-order valence-corrected chi connectivity index (χ4v) is 15.6. The lowest BCUT2D eigenvalue weighted by atomic mass is 10.1. The van der Waals surface area contributed by atoms with Crippen molar-refractivity contribution in [3.8, 4) is 0 Å². The summed E-state index contributed by atoms with van der Waals surface area (Å²) in [5.41, 5.74) is 22.3. The normalized spacial score (nSPS) is 10.3. The second kappa shape index (κ2) is 52.0. The Hall–Kier alpha value is -20.6. The Kier molecular flexibility index (Phi) is 34.3. The summed E-state index contributed by atoms with van der Waals surface area (Å²) < 4.78 is 6.27. The number of nitrogens with one attached hydrogen (secondary N) is 2. The van der Waals surface area contributed by atoms with E-state index in [0.717, 1.165) is 126 Å². The van der Waals surface area contributed by atoms with Crippen LogP contribution in [0.15, 0.2) is 541 Å². The molecule has 16 aromatic heterocycles. The molecule has 0 spiro atoms. The summed E-state index contributed by atoms with van der Waals surface area (Å²) in [5, 5.41) is 29.5. The molecule has 15 aromatic carbocycles. The monoisotopic (exact) mass is 1940 g/mol. The minimum Gasteiger partial charge on any atom is -0.443 e. The Balaban J connectivity index is 0.000000105. The first-order valence-corrected chi connectivity index (χ1v) is 47.8. The van der Waals surface area contributed by atoms with Crippen LogP contribution in [-0.2, 0) is 0 Å². The number of nitrogens with zero attached hydrogens (tertiary/aromatic N) is 22. The maximum absolute atomic E-state index is 5.01. The van der Waals surface area contributed by atoms with Gasteiger partial charge in [-0.2, -0.15) is 20.4 Å². The third kappa shape index (κ3) is 27.7. The molecule has 31 rings (SSSR count). The molecule has 16 heterocycles. The zero-order valence-electron chi connectivity index (χ0n) is 79.5. The van der Waals surface area contributed by atoms with Gasteiger partial charge in [-0.15, -0.1) is 11.3 Å². The van der Waals surface area contributed by atoms with E-state index < -0.39 is 0 Å². The van der Waals surface area contributed by atoms with Gasteiger partial charge in [-0.05, 0) is 175 Å². The van der Waals surface area contributed by atoms with Gasteiger partial charge in [-0.1, -0.05) is 255 Å². The number of aromatic amines is 2. The van der Waals surface area contributed by atoms with E-state index in [-0.39, 0.29) is 0 Å². The lowest BCUT2D eigenvalue weighted by molar-refractivity contribution is 0.602. The standard InChI is InChI=1S/C13H9N.C12H8N2.C12H9N.2C9H7N.5C8H6N2.C7H6N2.C7H5NO.C7H5NS.C6H4N4/c1-3-7-12-10(5-1)9-11-6-2-4-8-13(11)14-12;1-2-6-10-9(5-1)13-11-7-3-4-8-12(11)14-10;1-3-7-11-9(5-1)10-6-2-4-8-12(10)13-11;1-2-6-9-8(4-1)5-3-7-10-9;1-2-4-9-7-10-6-5-8(9)3-1;1-3-7-4-2-6-10-8(7)9-5-1;1-2-4-8-7(3-1)5-9-6-10-8;1-2-4-8-6-10-9-5-7(8)3-1;1-2-4-8-7(3-1)9-5-6-10-8;1-2-4-8-7(3-1)5-6-9-10-8;3*1-2-4-7-6(3-1)8-5-9-7;1-2-9-6-5(8-1)3-7-4-10-6/h1-9H;1-8H;1-8,13H;2*1-7H;5*1-6H;1-5H,(H,8,9);2*1-5H;1-4H. The Labute approximate surface area is 851 Å². The Bertz CT molecular complexity index is 7600. The molecule has 2 N–H and O–H groups in total. The first-order valence-electron chi connectivity index (χ1n) is 46.9. The molecule has 148 heavy (non-hydrogen) atoms. The Morgan fingerprint density at radius 1 is 0.209 bits per heavy atom. The topological polar surface area (TPSA) is 328 Å². The van der Waals surface area contributed by atoms with E-state index in [9.17, 15) is 0 Å². The number of benzene rings is 15. The van der Waals surface area contributed by atoms with Gasteiger partial charge in [-0.25, -0.2) is 69.8 Å². The van der Waals surface area contributed by atoms with Crippen molar-refractivity contribution in [2.24, 2.45) is 0 Å². The van der Waals surface area contributed by atoms with Gasteiger partial charge in [0.15, 0.2) is 23.3 Å². The number of hydrogen-bond donors (Lipinski definition) is 2. The molecule has 0 atom stereocenters. The van der Waals surface area contributed by atoms with Crippen molar-refractivity contribution >= 4 is 197 Å². The highest BCUT2D eigenvalue weighted by Gasteiger charge is 2.05. The predicted molar refractivity (Wildman–Crippen MR) is 598 cm³/mol. The van der Waals surface area contributed by atoms with Crippen LogP contribution in [-0.4, -0.2) is 120 Å². The molecule has 25 nitrogen and oxygen atoms in total. The van der Waals surface area contributed by atoms with Crippen LogP contribution in [0.4, 0.5) is 0 Å². The number of thiazole rings is 1. The number of aromatic nitrogens is 24. The third-order valence-electron chi connectivity index (χ3n) is 22.1. The maximum Gasteiger partial charge on any atom is 0.181 e. The first kappa shape index (κ1) is 97.6. The zero-order valence-corrected chi connectivity index (χ0v) is 80.3. The van der Waals surface area contributed by atoms with Crippen molar-refractivity contribution in [2.45, 2.75) is 0 Å². The predicted octanol–water partition coefficient (Wildman–Crippen LogP) is 28.2. The second-order valence-corrected chi connectivity index (χ2v) is 32.8. The Morgan fingerprint density at radius 3 is 1.18 bits per heavy atom. The second-order valence-electron chi connectivity index (χ2n) is 31.9. The molecule has 0 aliphatic heterocycles. The number of fused-ring (bicyclic) bond motifs is 18. The third-order valence-corrected chi connectivity index (χ3v) is 23.0. The molecule has 31 aromatic rings. The number of imidazole rings is 1. The average Bonchev–Trinajstić information content (AvgIpc) is 1.60. The molecular formula is C122H90N24OS. The highest BCUT2D eigenvalue weighted by atomic mass is 32.1. The molecule has 0 aliphatic carbocycles. The van der Waals surface area contributed by atoms with Crippen molar-refractivity contribution in [3.05, 3.63) is 536 Å². The fraction of sp³-hybridized carbons (Fsp3) is 0. The molecule has 26 heteroatoms. The van der Waals surface area contributed by atoms with Crippen molar-refractivity contribution < 1.29 is 4.42 Å². The van der Waals surface area contributed by atoms with Gasteiger partial charge in [0.05, 0.1) is 119 Å². The fourth-order valence-electron chi connectivity index (χ4n) is 14.9. The van der Waals surface area contributed by atoms with Crippen molar-refractivity contribution in [1.29, 1.82) is 0 Å². The molecule has 0 amide bonds. The molecule has 0 aliphatic rings. The van der Waals surface area contributed by atoms with Crippen molar-refractivity contribution in [2.75, 3.05) is 0 Å². The molecular weight excluding hydrogens is 1850 g/mol. The van der Waals surface area contributed by atoms with Gasteiger partial charge in [0.2, 0.25) is 0 Å². The van der Waals surface area contributed by atoms with E-state index in [0.29, 0.717) is 5.65 Å². The minimum absolute atomic E-state index is 0.637. The lowest BCUT2D eigenvalue weighted by Gasteiger charge is -1.99. The number of oxazole rings is 1. The quantitative estimate of drug-likeness (QED) is 0.133. The van der Waals surface area contributed by atoms with Crippen LogP contribution >= 0.6 is 11.3 Å². The summed E-state index contributed by atoms with van der Waals surface area (Å²) in [7, 11) is 0. The summed E-state index contributed by atoms with van der Waals surface area (Å²) in [6.45, 7) is 0. The van der Waals surface area contributed by atoms with E-state index in [1.807, 2.05) is 352 Å². The number of para-hydroxylation sites is 17. The summed E-state index contributed by atoms with van der Waals surface area (Å²) in [6.07, 6.45) is 30.4. The van der Waals surface area contributed by atoms with E-state index in [2.05, 4.69) is 217 Å². The van der Waals surface area contributed by atoms with Crippen LogP contribution in [0, 0.1) is 0 Å². The van der Waals surface area contributed by atoms with Crippen LogP contribution in [0.5, 0.6) is 0 Å². The Morgan fingerprint density at radius 2 is 0.615 bits per heavy atom. The summed E-state index contributed by atoms with van der Waals surface area (Å²) in [5.74, 6) is 0. The molecule has 0 fully saturated rings. The van der Waals surface area contributed by atoms with Crippen LogP contribution in [0.1, 0.15) is 0 Å². The summed E-state index contributed by atoms with van der Waals surface area (Å²) >= 11 is 1.68. The van der Waals surface area contributed by atoms with Gasteiger partial charge < -0.3 is 14.4 Å². The maximum atomic E-state index is 5.01. The van der Waals surface area contributed by atoms with Crippen molar-refractivity contribution in [3.63, 3.8) is 0 Å². The van der Waals surface area contributed by atoms with E-state index in [1.54, 1.807) is 86.0 Å². The van der Waals surface area contributed by atoms with Gasteiger partial charge in [0, 0.05) is 127 Å². The van der Waals surface area contributed by atoms with Crippen LogP contribution in [0.2, 0.25) is 0 Å². The molecule has 0 bridgehead atoms. The largest absolute Gasteiger partial charge is 0.443 e. The van der Waals surface area contributed by atoms with Gasteiger partial charge >= 0.3 is 0 Å². The minimum atomic E-state index is 0.637. The van der Waals surface area contributed by atoms with Crippen LogP contribution in [0.25, 0.3) is 186 Å². The number of pyridine rings is 5. The SMILES string of the molecule is c1ccc2[nH]cnc2c1.c1ccc2c(c1)[nH]c1ccccc12.c1ccc2cnccc2c1.c1ccc2cnncc2c1.c1ccc2nc3ccccc3cc2c1.c1ccc2nc3ccccc3nc2c1.c1ccc2ncccc2c1.c1ccc2nccnc2c1.c1ccc2ncncc2c1.c1ccc2nnccc2c1.c1ccc2ocnc2c1.c1ccc2scnc2c1.c1cnc2ncccc2c1.c1cnc2ncncc2n1. The van der Waals surface area contributed by atoms with E-state index >= 15 is 0 Å². The smallest absolute Gasteiger partial charge is 0.181 e. The zero-order chi connectivity index (χ0) is 100. The molecule has 0 saturated heterocycles. The van der Waals surface area contributed by atoms with Gasteiger partial charge in [0.25, 0.3) is 0 Å². The molecule has 0 saturated carbocycles. The van der Waals surface area contributed by atoms with E-state index in [1.165, 1.54) is 66.2 Å². The molecule has 710 valence electrons. The van der Waals surface area contributed by atoms with Crippen LogP contribution < -0.4 is 0 Å². The summed E-state index contributed by atoms with van der Waals surface area (Å²) in [6, 6.07) is 139. The van der Waals surface area contributed by atoms with E-state index in [4.69, 9.17) is 4.42 Å². The molecule has 0 radical (unpaired) electrons. The van der Waals surface area contributed by atoms with Gasteiger partial charge in [-0.3, -0.25) is 19.9 Å². The van der Waals surface area contributed by atoms with Crippen LogP contribution in [0.3, 0.4) is 0 Å². The number of H-pyrrole nitrogens is 2. The highest BCUT2D eigenvalue weighted by Crippen LogP contribution is 2.26. The van der Waals surface area contributed by atoms with Gasteiger partial charge in [0.1, 0.15) is 23.7 Å². The first-order chi connectivity index (χ1) is 73.4. The average molecular weight is 1940 g/mol.